The fraction of sp³-hybridized carbons (Fsp3) is 0.364. The fourth-order valence-electron chi connectivity index (χ4n) is 1.28. The van der Waals surface area contributed by atoms with Crippen molar-refractivity contribution < 1.29 is 45.4 Å². The molecule has 0 heterocycles. The van der Waals surface area contributed by atoms with Gasteiger partial charge < -0.3 is 9.84 Å². The Morgan fingerprint density at radius 3 is 2.05 bits per heavy atom. The molecular formula is C11H5BrF7O3-. The van der Waals surface area contributed by atoms with Gasteiger partial charge in [0.2, 0.25) is 0 Å². The highest BCUT2D eigenvalue weighted by atomic mass is 79.9. The van der Waals surface area contributed by atoms with E-state index in [1.54, 1.807) is 0 Å². The van der Waals surface area contributed by atoms with Gasteiger partial charge in [-0.05, 0) is 12.1 Å². The van der Waals surface area contributed by atoms with E-state index in [0.717, 1.165) is 18.2 Å². The van der Waals surface area contributed by atoms with Crippen molar-refractivity contribution >= 4 is 21.9 Å². The molecule has 0 aliphatic carbocycles. The van der Waals surface area contributed by atoms with Crippen molar-refractivity contribution in [3.05, 3.63) is 34.1 Å². The van der Waals surface area contributed by atoms with Crippen LogP contribution in [0.2, 0.25) is 0 Å². The molecule has 0 saturated carbocycles. The van der Waals surface area contributed by atoms with Gasteiger partial charge >= 0.3 is 18.3 Å². The summed E-state index contributed by atoms with van der Waals surface area (Å²) >= 11 is 2.77. The molecule has 1 rings (SSSR count). The molecule has 0 unspecified atom stereocenters. The number of carbonyl (C=O) groups excluding carboxylic acids is 1. The third-order valence-electron chi connectivity index (χ3n) is 2.46. The Kier molecular flexibility index (Phi) is 5.12. The van der Waals surface area contributed by atoms with Crippen LogP contribution in [-0.2, 0) is 16.1 Å². The molecule has 0 aliphatic heterocycles. The van der Waals surface area contributed by atoms with E-state index < -0.39 is 36.3 Å². The molecule has 124 valence electrons. The Morgan fingerprint density at radius 2 is 1.64 bits per heavy atom. The molecule has 0 amide bonds. The molecule has 0 N–H and O–H groups in total. The normalized spacial score (nSPS) is 13.1. The van der Waals surface area contributed by atoms with Gasteiger partial charge in [0.05, 0.1) is 0 Å². The molecule has 0 saturated heterocycles. The van der Waals surface area contributed by atoms with E-state index in [4.69, 9.17) is 0 Å². The predicted molar refractivity (Wildman–Crippen MR) is 58.7 cm³/mol. The lowest BCUT2D eigenvalue weighted by Gasteiger charge is -2.40. The molecule has 3 nitrogen and oxygen atoms in total. The number of esters is 1. The van der Waals surface area contributed by atoms with Gasteiger partial charge in [0.15, 0.2) is 5.60 Å². The molecule has 11 heteroatoms. The second kappa shape index (κ2) is 6.03. The largest absolute Gasteiger partial charge is 0.828 e. The summed E-state index contributed by atoms with van der Waals surface area (Å²) in [5, 5.41) is 11.0. The molecule has 0 radical (unpaired) electrons. The lowest BCUT2D eigenvalue weighted by atomic mass is 10.0. The monoisotopic (exact) mass is 397 g/mol. The average molecular weight is 398 g/mol. The minimum Gasteiger partial charge on any atom is -0.828 e. The van der Waals surface area contributed by atoms with E-state index in [1.807, 2.05) is 0 Å². The lowest BCUT2D eigenvalue weighted by Crippen LogP contribution is -2.71. The summed E-state index contributed by atoms with van der Waals surface area (Å²) < 4.78 is 90.4. The maximum atomic E-state index is 12.8. The van der Waals surface area contributed by atoms with E-state index in [-0.39, 0.29) is 10.0 Å². The Morgan fingerprint density at radius 1 is 1.14 bits per heavy atom. The van der Waals surface area contributed by atoms with E-state index in [9.17, 15) is 40.6 Å². The van der Waals surface area contributed by atoms with E-state index in [2.05, 4.69) is 20.7 Å². The number of halogens is 8. The van der Waals surface area contributed by atoms with Crippen LogP contribution >= 0.6 is 15.9 Å². The molecular weight excluding hydrogens is 393 g/mol. The first kappa shape index (κ1) is 18.7. The molecule has 0 aromatic heterocycles. The van der Waals surface area contributed by atoms with Crippen molar-refractivity contribution in [2.75, 3.05) is 0 Å². The summed E-state index contributed by atoms with van der Waals surface area (Å²) in [6, 6.07) is 2.65. The van der Waals surface area contributed by atoms with E-state index >= 15 is 0 Å². The maximum absolute atomic E-state index is 12.8. The van der Waals surface area contributed by atoms with Gasteiger partial charge in [0.1, 0.15) is 12.4 Å². The molecule has 1 aromatic rings. The van der Waals surface area contributed by atoms with Crippen molar-refractivity contribution in [3.63, 3.8) is 0 Å². The van der Waals surface area contributed by atoms with Gasteiger partial charge in [0.25, 0.3) is 0 Å². The Hall–Kier alpha value is -1.36. The first-order valence-electron chi connectivity index (χ1n) is 5.25. The fourth-order valence-corrected chi connectivity index (χ4v) is 1.74. The highest BCUT2D eigenvalue weighted by Gasteiger charge is 2.68. The third-order valence-corrected chi connectivity index (χ3v) is 3.20. The number of benzene rings is 1. The zero-order valence-electron chi connectivity index (χ0n) is 10.2. The van der Waals surface area contributed by atoms with Gasteiger partial charge in [-0.2, -0.15) is 26.3 Å². The highest BCUT2D eigenvalue weighted by Crippen LogP contribution is 2.41. The SMILES string of the molecule is O=C(OCc1ccc(F)cc1Br)C([O-])(C(F)(F)F)C(F)(F)F. The van der Waals surface area contributed by atoms with Gasteiger partial charge in [-0.1, -0.05) is 22.0 Å². The van der Waals surface area contributed by atoms with Gasteiger partial charge in [-0.25, -0.2) is 4.39 Å². The Bertz CT molecular complexity index is 554. The quantitative estimate of drug-likeness (QED) is 0.582. The van der Waals surface area contributed by atoms with E-state index in [1.165, 1.54) is 0 Å². The first-order valence-corrected chi connectivity index (χ1v) is 6.05. The number of ether oxygens (including phenoxy) is 1. The Balaban J connectivity index is 2.99. The van der Waals surface area contributed by atoms with Crippen molar-refractivity contribution in [1.82, 2.24) is 0 Å². The van der Waals surface area contributed by atoms with Gasteiger partial charge in [0, 0.05) is 10.0 Å². The van der Waals surface area contributed by atoms with Crippen molar-refractivity contribution in [1.29, 1.82) is 0 Å². The van der Waals surface area contributed by atoms with Crippen LogP contribution in [0.5, 0.6) is 0 Å². The van der Waals surface area contributed by atoms with Gasteiger partial charge in [-0.15, -0.1) is 0 Å². The molecule has 0 bridgehead atoms. The van der Waals surface area contributed by atoms with Crippen LogP contribution in [0.25, 0.3) is 0 Å². The average Bonchev–Trinajstić information content (AvgIpc) is 2.33. The number of rotatable bonds is 3. The van der Waals surface area contributed by atoms with Crippen molar-refractivity contribution in [3.8, 4) is 0 Å². The molecule has 0 aliphatic rings. The molecule has 1 aromatic carbocycles. The lowest BCUT2D eigenvalue weighted by molar-refractivity contribution is -0.574. The van der Waals surface area contributed by atoms with Crippen molar-refractivity contribution in [2.24, 2.45) is 0 Å². The second-order valence-electron chi connectivity index (χ2n) is 3.99. The standard InChI is InChI=1S/C11H5BrF7O3/c12-7-3-6(13)2-1-5(7)4-22-8(20)9(21,10(14,15)16)11(17,18)19/h1-3H,4H2/q-1. The zero-order valence-corrected chi connectivity index (χ0v) is 11.8. The predicted octanol–water partition coefficient (Wildman–Crippen LogP) is 2.86. The van der Waals surface area contributed by atoms with Crippen LogP contribution in [0.3, 0.4) is 0 Å². The number of carbonyl (C=O) groups is 1. The summed E-state index contributed by atoms with van der Waals surface area (Å²) in [5.74, 6) is -3.78. The second-order valence-corrected chi connectivity index (χ2v) is 4.84. The minimum absolute atomic E-state index is 0.0594. The van der Waals surface area contributed by atoms with Crippen LogP contribution in [0.15, 0.2) is 22.7 Å². The van der Waals surface area contributed by atoms with Crippen LogP contribution in [0.4, 0.5) is 30.7 Å². The molecule has 22 heavy (non-hydrogen) atoms. The summed E-state index contributed by atoms with van der Waals surface area (Å²) in [7, 11) is 0. The summed E-state index contributed by atoms with van der Waals surface area (Å²) in [4.78, 5) is 11.0. The first-order chi connectivity index (χ1) is 9.80. The molecule has 0 spiro atoms. The smallest absolute Gasteiger partial charge is 0.399 e. The summed E-state index contributed by atoms with van der Waals surface area (Å²) in [6.45, 7) is -1.07. The minimum atomic E-state index is -6.43. The van der Waals surface area contributed by atoms with Crippen LogP contribution in [-0.4, -0.2) is 23.9 Å². The number of alkyl halides is 6. The third kappa shape index (κ3) is 3.51. The maximum Gasteiger partial charge on any atom is 0.399 e. The van der Waals surface area contributed by atoms with Crippen LogP contribution in [0, 0.1) is 5.82 Å². The Labute approximate surface area is 126 Å². The molecule has 0 fully saturated rings. The topological polar surface area (TPSA) is 49.4 Å². The van der Waals surface area contributed by atoms with Crippen molar-refractivity contribution in [2.45, 2.75) is 24.6 Å². The van der Waals surface area contributed by atoms with Crippen LogP contribution in [0.1, 0.15) is 5.56 Å². The molecule has 0 atom stereocenters. The van der Waals surface area contributed by atoms with Gasteiger partial charge in [-0.3, -0.25) is 4.79 Å². The van der Waals surface area contributed by atoms with E-state index in [0.29, 0.717) is 0 Å². The summed E-state index contributed by atoms with van der Waals surface area (Å²) in [6.07, 6.45) is -12.9. The number of hydrogen-bond donors (Lipinski definition) is 0. The highest BCUT2D eigenvalue weighted by molar-refractivity contribution is 9.10. The number of hydrogen-bond acceptors (Lipinski definition) is 3. The summed E-state index contributed by atoms with van der Waals surface area (Å²) in [5.41, 5.74) is -6.02. The van der Waals surface area contributed by atoms with Crippen LogP contribution < -0.4 is 5.11 Å². The zero-order chi connectivity index (χ0) is 17.3.